The fourth-order valence-electron chi connectivity index (χ4n) is 1.95. The van der Waals surface area contributed by atoms with Gasteiger partial charge in [0, 0.05) is 5.02 Å². The number of methoxy groups -OCH3 is 2. The molecule has 0 unspecified atom stereocenters. The van der Waals surface area contributed by atoms with Gasteiger partial charge in [0.1, 0.15) is 5.75 Å². The van der Waals surface area contributed by atoms with Crippen molar-refractivity contribution in [1.82, 2.24) is 0 Å². The van der Waals surface area contributed by atoms with Gasteiger partial charge in [0.25, 0.3) is 0 Å². The number of rotatable bonds is 7. The number of carbonyl (C=O) groups excluding carboxylic acids is 1. The molecule has 0 atom stereocenters. The van der Waals surface area contributed by atoms with Crippen LogP contribution in [0.15, 0.2) is 54.2 Å². The Labute approximate surface area is 136 Å². The zero-order chi connectivity index (χ0) is 16.5. The zero-order valence-corrected chi connectivity index (χ0v) is 13.9. The van der Waals surface area contributed by atoms with Crippen LogP contribution in [-0.2, 0) is 16.0 Å². The molecule has 1 aromatic rings. The van der Waals surface area contributed by atoms with Crippen molar-refractivity contribution in [2.24, 2.45) is 0 Å². The molecule has 0 radical (unpaired) electrons. The van der Waals surface area contributed by atoms with Crippen LogP contribution in [0.1, 0.15) is 18.9 Å². The first-order valence-corrected chi connectivity index (χ1v) is 7.33. The number of hydrogen-bond acceptors (Lipinski definition) is 3. The van der Waals surface area contributed by atoms with Crippen molar-refractivity contribution < 1.29 is 14.3 Å². The van der Waals surface area contributed by atoms with E-state index < -0.39 is 0 Å². The maximum Gasteiger partial charge on any atom is 0.337 e. The molecule has 0 saturated carbocycles. The van der Waals surface area contributed by atoms with E-state index >= 15 is 0 Å². The summed E-state index contributed by atoms with van der Waals surface area (Å²) in [5, 5.41) is 0.669. The SMILES string of the molecule is C=C/C(=C\C(=C/C)C(=O)OC)CCc1ccc(OC)cc1Cl. The molecule has 22 heavy (non-hydrogen) atoms. The summed E-state index contributed by atoms with van der Waals surface area (Å²) in [7, 11) is 2.97. The average Bonchev–Trinajstić information content (AvgIpc) is 2.55. The molecule has 1 rings (SSSR count). The van der Waals surface area contributed by atoms with Crippen molar-refractivity contribution in [3.63, 3.8) is 0 Å². The second-order valence-electron chi connectivity index (χ2n) is 4.62. The third kappa shape index (κ3) is 5.08. The Morgan fingerprint density at radius 3 is 2.59 bits per heavy atom. The summed E-state index contributed by atoms with van der Waals surface area (Å²) in [6.07, 6.45) is 6.72. The van der Waals surface area contributed by atoms with Crippen LogP contribution in [0.3, 0.4) is 0 Å². The summed E-state index contributed by atoms with van der Waals surface area (Å²) >= 11 is 6.23. The maximum atomic E-state index is 11.6. The molecule has 0 N–H and O–H groups in total. The number of allylic oxidation sites excluding steroid dienone is 3. The van der Waals surface area contributed by atoms with Gasteiger partial charge < -0.3 is 9.47 Å². The molecule has 0 spiro atoms. The largest absolute Gasteiger partial charge is 0.497 e. The van der Waals surface area contributed by atoms with Crippen LogP contribution < -0.4 is 4.74 Å². The average molecular weight is 321 g/mol. The van der Waals surface area contributed by atoms with E-state index in [1.165, 1.54) is 7.11 Å². The second-order valence-corrected chi connectivity index (χ2v) is 5.02. The molecule has 0 aromatic heterocycles. The summed E-state index contributed by atoms with van der Waals surface area (Å²) in [6, 6.07) is 5.61. The summed E-state index contributed by atoms with van der Waals surface area (Å²) in [4.78, 5) is 11.6. The highest BCUT2D eigenvalue weighted by molar-refractivity contribution is 6.31. The summed E-state index contributed by atoms with van der Waals surface area (Å²) in [6.45, 7) is 5.59. The molecular weight excluding hydrogens is 300 g/mol. The predicted octanol–water partition coefficient (Wildman–Crippen LogP) is 4.51. The number of hydrogen-bond donors (Lipinski definition) is 0. The van der Waals surface area contributed by atoms with E-state index in [-0.39, 0.29) is 5.97 Å². The third-order valence-electron chi connectivity index (χ3n) is 3.28. The Balaban J connectivity index is 2.83. The first-order chi connectivity index (χ1) is 10.5. The van der Waals surface area contributed by atoms with Crippen LogP contribution in [0.4, 0.5) is 0 Å². The number of carbonyl (C=O) groups is 1. The van der Waals surface area contributed by atoms with Gasteiger partial charge in [-0.2, -0.15) is 0 Å². The van der Waals surface area contributed by atoms with E-state index in [0.29, 0.717) is 10.6 Å². The number of benzene rings is 1. The van der Waals surface area contributed by atoms with E-state index in [1.807, 2.05) is 12.1 Å². The van der Waals surface area contributed by atoms with Crippen LogP contribution in [0.25, 0.3) is 0 Å². The first kappa shape index (κ1) is 18.1. The van der Waals surface area contributed by atoms with Gasteiger partial charge in [-0.25, -0.2) is 4.79 Å². The Hall–Kier alpha value is -2.00. The number of aryl methyl sites for hydroxylation is 1. The highest BCUT2D eigenvalue weighted by Gasteiger charge is 2.07. The van der Waals surface area contributed by atoms with Gasteiger partial charge in [-0.1, -0.05) is 36.4 Å². The van der Waals surface area contributed by atoms with Gasteiger partial charge in [0.2, 0.25) is 0 Å². The Kier molecular flexibility index (Phi) is 7.47. The van der Waals surface area contributed by atoms with Crippen molar-refractivity contribution >= 4 is 17.6 Å². The van der Waals surface area contributed by atoms with Gasteiger partial charge in [-0.15, -0.1) is 0 Å². The fourth-order valence-corrected chi connectivity index (χ4v) is 2.21. The van der Waals surface area contributed by atoms with Crippen molar-refractivity contribution in [3.8, 4) is 5.75 Å². The van der Waals surface area contributed by atoms with Crippen molar-refractivity contribution in [1.29, 1.82) is 0 Å². The molecule has 0 amide bonds. The van der Waals surface area contributed by atoms with Crippen LogP contribution in [0.2, 0.25) is 5.02 Å². The zero-order valence-electron chi connectivity index (χ0n) is 13.2. The topological polar surface area (TPSA) is 35.5 Å². The lowest BCUT2D eigenvalue weighted by atomic mass is 10.0. The molecule has 0 saturated heterocycles. The van der Waals surface area contributed by atoms with E-state index in [9.17, 15) is 4.79 Å². The first-order valence-electron chi connectivity index (χ1n) is 6.95. The predicted molar refractivity (Wildman–Crippen MR) is 90.4 cm³/mol. The van der Waals surface area contributed by atoms with E-state index in [2.05, 4.69) is 6.58 Å². The molecule has 0 bridgehead atoms. The standard InChI is InChI=1S/C18H21ClO3/c1-5-13(11-14(6-2)18(20)22-4)7-8-15-9-10-16(21-3)12-17(15)19/h5-6,9-12H,1,7-8H2,2-4H3/b13-11+,14-6+. The Morgan fingerprint density at radius 2 is 2.09 bits per heavy atom. The van der Waals surface area contributed by atoms with Gasteiger partial charge in [-0.05, 0) is 49.1 Å². The minimum atomic E-state index is -0.357. The molecule has 4 heteroatoms. The Morgan fingerprint density at radius 1 is 1.36 bits per heavy atom. The molecular formula is C18H21ClO3. The molecule has 0 fully saturated rings. The maximum absolute atomic E-state index is 11.6. The minimum absolute atomic E-state index is 0.357. The van der Waals surface area contributed by atoms with Crippen molar-refractivity contribution in [3.05, 3.63) is 64.7 Å². The lowest BCUT2D eigenvalue weighted by molar-refractivity contribution is -0.135. The Bertz CT molecular complexity index is 600. The molecule has 0 aliphatic rings. The minimum Gasteiger partial charge on any atom is -0.497 e. The number of ether oxygens (including phenoxy) is 2. The van der Waals surface area contributed by atoms with Crippen molar-refractivity contribution in [2.45, 2.75) is 19.8 Å². The summed E-state index contributed by atoms with van der Waals surface area (Å²) in [5.74, 6) is 0.374. The van der Waals surface area contributed by atoms with Gasteiger partial charge >= 0.3 is 5.97 Å². The molecule has 3 nitrogen and oxygen atoms in total. The van der Waals surface area contributed by atoms with Gasteiger partial charge in [0.15, 0.2) is 0 Å². The lowest BCUT2D eigenvalue weighted by Gasteiger charge is -2.08. The highest BCUT2D eigenvalue weighted by atomic mass is 35.5. The highest BCUT2D eigenvalue weighted by Crippen LogP contribution is 2.24. The number of esters is 1. The van der Waals surface area contributed by atoms with Crippen molar-refractivity contribution in [2.75, 3.05) is 14.2 Å². The lowest BCUT2D eigenvalue weighted by Crippen LogP contribution is -2.03. The van der Waals surface area contributed by atoms with E-state index in [4.69, 9.17) is 21.1 Å². The second kappa shape index (κ2) is 9.11. The summed E-state index contributed by atoms with van der Waals surface area (Å²) in [5.41, 5.74) is 2.49. The molecule has 0 aliphatic heterocycles. The molecule has 0 heterocycles. The van der Waals surface area contributed by atoms with Gasteiger partial charge in [0.05, 0.1) is 19.8 Å². The van der Waals surface area contributed by atoms with Crippen LogP contribution in [0.5, 0.6) is 5.75 Å². The smallest absolute Gasteiger partial charge is 0.337 e. The van der Waals surface area contributed by atoms with Crippen LogP contribution in [0, 0.1) is 0 Å². The normalized spacial score (nSPS) is 12.0. The molecule has 118 valence electrons. The van der Waals surface area contributed by atoms with E-state index in [0.717, 1.165) is 29.7 Å². The van der Waals surface area contributed by atoms with Crippen LogP contribution in [-0.4, -0.2) is 20.2 Å². The number of halogens is 1. The van der Waals surface area contributed by atoms with E-state index in [1.54, 1.807) is 38.3 Å². The third-order valence-corrected chi connectivity index (χ3v) is 3.63. The summed E-state index contributed by atoms with van der Waals surface area (Å²) < 4.78 is 9.87. The fraction of sp³-hybridized carbons (Fsp3) is 0.278. The molecule has 1 aromatic carbocycles. The van der Waals surface area contributed by atoms with Crippen LogP contribution >= 0.6 is 11.6 Å². The quantitative estimate of drug-likeness (QED) is 0.421. The van der Waals surface area contributed by atoms with Gasteiger partial charge in [-0.3, -0.25) is 0 Å². The monoisotopic (exact) mass is 320 g/mol. The molecule has 0 aliphatic carbocycles.